The molecule has 2 rings (SSSR count). The first-order valence-electron chi connectivity index (χ1n) is 11.7. The molecule has 0 heterocycles. The van der Waals surface area contributed by atoms with E-state index < -0.39 is 47.6 Å². The number of halogens is 8. The lowest BCUT2D eigenvalue weighted by molar-refractivity contribution is -0.347. The Hall–Kier alpha value is -3.18. The van der Waals surface area contributed by atoms with Crippen molar-refractivity contribution in [2.75, 3.05) is 0 Å². The number of rotatable bonds is 13. The number of alkyl halides is 8. The molecule has 2 N–H and O–H groups in total. The first-order chi connectivity index (χ1) is 17.5. The lowest BCUT2D eigenvalue weighted by Gasteiger charge is -2.36. The third kappa shape index (κ3) is 6.82. The molecule has 0 aromatic heterocycles. The topological polar surface area (TPSA) is 58.2 Å². The monoisotopic (exact) mass is 552 g/mol. The third-order valence-electron chi connectivity index (χ3n) is 5.93. The summed E-state index contributed by atoms with van der Waals surface area (Å²) in [7, 11) is 0. The van der Waals surface area contributed by atoms with E-state index in [1.807, 2.05) is 0 Å². The van der Waals surface area contributed by atoms with Crippen molar-refractivity contribution >= 4 is 11.8 Å². The van der Waals surface area contributed by atoms with Gasteiger partial charge in [-0.25, -0.2) is 0 Å². The molecule has 38 heavy (non-hydrogen) atoms. The van der Waals surface area contributed by atoms with Gasteiger partial charge in [-0.3, -0.25) is 9.59 Å². The Morgan fingerprint density at radius 3 is 1.18 bits per heavy atom. The van der Waals surface area contributed by atoms with Gasteiger partial charge in [-0.05, 0) is 50.7 Å². The number of carbonyl (C=O) groups excluding carboxylic acids is 2. The summed E-state index contributed by atoms with van der Waals surface area (Å²) in [6.07, 6.45) is 0.378. The van der Waals surface area contributed by atoms with Gasteiger partial charge in [-0.15, -0.1) is 0 Å². The molecule has 4 nitrogen and oxygen atoms in total. The van der Waals surface area contributed by atoms with Gasteiger partial charge in [0.05, 0.1) is 0 Å². The highest BCUT2D eigenvalue weighted by atomic mass is 19.4. The van der Waals surface area contributed by atoms with Crippen molar-refractivity contribution in [2.45, 2.75) is 75.3 Å². The molecule has 2 atom stereocenters. The third-order valence-corrected chi connectivity index (χ3v) is 5.93. The van der Waals surface area contributed by atoms with Gasteiger partial charge in [0.1, 0.15) is 0 Å². The first-order valence-corrected chi connectivity index (χ1v) is 11.7. The molecule has 0 fully saturated rings. The van der Waals surface area contributed by atoms with E-state index in [4.69, 9.17) is 0 Å². The smallest absolute Gasteiger partial charge is 0.348 e. The second-order valence-corrected chi connectivity index (χ2v) is 9.10. The van der Waals surface area contributed by atoms with E-state index in [0.29, 0.717) is 0 Å². The molecular weight excluding hydrogens is 524 g/mol. The van der Waals surface area contributed by atoms with Crippen LogP contribution in [0.25, 0.3) is 0 Å². The van der Waals surface area contributed by atoms with E-state index in [2.05, 4.69) is 0 Å². The lowest BCUT2D eigenvalue weighted by Crippen LogP contribution is -2.69. The van der Waals surface area contributed by atoms with E-state index in [0.717, 1.165) is 25.0 Å². The number of hydrogen-bond donors (Lipinski definition) is 2. The highest BCUT2D eigenvalue weighted by Gasteiger charge is 2.84. The predicted molar refractivity (Wildman–Crippen MR) is 125 cm³/mol. The van der Waals surface area contributed by atoms with Crippen LogP contribution in [0.15, 0.2) is 60.7 Å². The second kappa shape index (κ2) is 12.1. The van der Waals surface area contributed by atoms with Crippen LogP contribution >= 0.6 is 0 Å². The van der Waals surface area contributed by atoms with Gasteiger partial charge in [-0.2, -0.15) is 35.1 Å². The molecule has 0 spiro atoms. The predicted octanol–water partition coefficient (Wildman–Crippen LogP) is 5.80. The van der Waals surface area contributed by atoms with Crippen LogP contribution in [-0.2, 0) is 22.4 Å². The fraction of sp³-hybridized carbons (Fsp3) is 0.462. The van der Waals surface area contributed by atoms with Crippen molar-refractivity contribution in [3.8, 4) is 0 Å². The number of hydrogen-bond acceptors (Lipinski definition) is 2. The van der Waals surface area contributed by atoms with Crippen molar-refractivity contribution in [1.82, 2.24) is 10.6 Å². The molecule has 0 aliphatic carbocycles. The minimum atomic E-state index is -6.91. The number of amides is 2. The Balaban J connectivity index is 2.07. The Labute approximate surface area is 214 Å². The van der Waals surface area contributed by atoms with Crippen molar-refractivity contribution in [1.29, 1.82) is 0 Å². The second-order valence-electron chi connectivity index (χ2n) is 9.10. The van der Waals surface area contributed by atoms with Crippen LogP contribution in [0, 0.1) is 0 Å². The minimum absolute atomic E-state index is 0.0345. The van der Waals surface area contributed by atoms with E-state index in [1.54, 1.807) is 60.7 Å². The Kier molecular flexibility index (Phi) is 9.90. The van der Waals surface area contributed by atoms with Crippen LogP contribution in [0.5, 0.6) is 0 Å². The zero-order valence-corrected chi connectivity index (χ0v) is 20.6. The average Bonchev–Trinajstić information content (AvgIpc) is 2.87. The summed E-state index contributed by atoms with van der Waals surface area (Å²) >= 11 is 0. The number of benzene rings is 2. The van der Waals surface area contributed by atoms with Crippen molar-refractivity contribution in [3.05, 3.63) is 71.8 Å². The minimum Gasteiger partial charge on any atom is -0.348 e. The highest BCUT2D eigenvalue weighted by Crippen LogP contribution is 2.52. The summed E-state index contributed by atoms with van der Waals surface area (Å²) in [5.41, 5.74) is 1.45. The Morgan fingerprint density at radius 1 is 0.605 bits per heavy atom. The van der Waals surface area contributed by atoms with E-state index >= 15 is 0 Å². The van der Waals surface area contributed by atoms with Gasteiger partial charge < -0.3 is 10.6 Å². The maximum atomic E-state index is 14.3. The van der Waals surface area contributed by atoms with Gasteiger partial charge in [0.2, 0.25) is 0 Å². The summed E-state index contributed by atoms with van der Waals surface area (Å²) in [6.45, 7) is 2.32. The van der Waals surface area contributed by atoms with Gasteiger partial charge in [0.15, 0.2) is 0 Å². The first kappa shape index (κ1) is 31.0. The van der Waals surface area contributed by atoms with Gasteiger partial charge in [0, 0.05) is 12.1 Å². The summed E-state index contributed by atoms with van der Waals surface area (Å²) in [6, 6.07) is 14.4. The van der Waals surface area contributed by atoms with Crippen LogP contribution in [0.1, 0.15) is 37.8 Å². The van der Waals surface area contributed by atoms with Crippen LogP contribution in [0.4, 0.5) is 35.1 Å². The maximum Gasteiger partial charge on any atom is 0.392 e. The highest BCUT2D eigenvalue weighted by molar-refractivity contribution is 5.87. The molecule has 0 aliphatic rings. The van der Waals surface area contributed by atoms with Gasteiger partial charge in [-0.1, -0.05) is 60.7 Å². The van der Waals surface area contributed by atoms with Gasteiger partial charge in [0.25, 0.3) is 11.8 Å². The largest absolute Gasteiger partial charge is 0.392 e. The van der Waals surface area contributed by atoms with Gasteiger partial charge >= 0.3 is 23.7 Å². The molecular formula is C26H28F8N2O2. The zero-order chi connectivity index (χ0) is 28.8. The SMILES string of the molecule is C[C@H](CCc1ccccc1)NC(=O)C(F)(F)C(F)(F)C(F)(F)C(F)(F)C(=O)N[C@H](C)CCc1ccccc1. The average molecular weight is 553 g/mol. The van der Waals surface area contributed by atoms with Crippen LogP contribution in [0.2, 0.25) is 0 Å². The molecule has 12 heteroatoms. The van der Waals surface area contributed by atoms with Crippen molar-refractivity contribution in [2.24, 2.45) is 0 Å². The summed E-state index contributed by atoms with van der Waals surface area (Å²) in [5.74, 6) is -32.1. The molecule has 2 aromatic rings. The molecule has 2 aromatic carbocycles. The fourth-order valence-electron chi connectivity index (χ4n) is 3.51. The fourth-order valence-corrected chi connectivity index (χ4v) is 3.51. The molecule has 0 bridgehead atoms. The van der Waals surface area contributed by atoms with Crippen LogP contribution in [-0.4, -0.2) is 47.6 Å². The van der Waals surface area contributed by atoms with Crippen LogP contribution < -0.4 is 10.6 Å². The number of nitrogens with one attached hydrogen (secondary N) is 2. The van der Waals surface area contributed by atoms with Crippen molar-refractivity contribution < 1.29 is 44.7 Å². The molecule has 0 saturated carbocycles. The van der Waals surface area contributed by atoms with Crippen LogP contribution in [0.3, 0.4) is 0 Å². The number of carbonyl (C=O) groups is 2. The summed E-state index contributed by atoms with van der Waals surface area (Å²) < 4.78 is 114. The zero-order valence-electron chi connectivity index (χ0n) is 20.6. The molecule has 0 radical (unpaired) electrons. The quantitative estimate of drug-likeness (QED) is 0.309. The van der Waals surface area contributed by atoms with E-state index in [-0.39, 0.29) is 25.7 Å². The van der Waals surface area contributed by atoms with E-state index in [1.165, 1.54) is 10.6 Å². The molecule has 2 amide bonds. The lowest BCUT2D eigenvalue weighted by atomic mass is 9.96. The van der Waals surface area contributed by atoms with E-state index in [9.17, 15) is 44.7 Å². The Morgan fingerprint density at radius 2 is 0.895 bits per heavy atom. The molecule has 0 saturated heterocycles. The summed E-state index contributed by atoms with van der Waals surface area (Å²) in [4.78, 5) is 23.7. The molecule has 210 valence electrons. The van der Waals surface area contributed by atoms with Crippen molar-refractivity contribution in [3.63, 3.8) is 0 Å². The maximum absolute atomic E-state index is 14.3. The molecule has 0 unspecified atom stereocenters. The Bertz CT molecular complexity index is 980. The summed E-state index contributed by atoms with van der Waals surface area (Å²) in [5, 5.41) is 2.93. The normalized spacial score (nSPS) is 14.5. The number of aryl methyl sites for hydroxylation is 2. The molecule has 0 aliphatic heterocycles. The standard InChI is InChI=1S/C26H28F8N2O2/c1-17(13-15-19-9-5-3-6-10-19)35-21(37)23(27,28)25(31,32)26(33,34)24(29,30)22(38)36-18(2)14-16-20-11-7-4-8-12-20/h3-12,17-18H,13-16H2,1-2H3,(H,35,37)(H,36,38)/t17-,18-/m1/s1.